The molecule has 1 saturated heterocycles. The molecule has 1 N–H and O–H groups in total. The number of aromatic nitrogens is 1. The summed E-state index contributed by atoms with van der Waals surface area (Å²) in [6, 6.07) is 24.1. The summed E-state index contributed by atoms with van der Waals surface area (Å²) in [5.41, 5.74) is 0.881. The number of nitrogens with zero attached hydrogens (tertiary/aromatic N) is 5. The van der Waals surface area contributed by atoms with Crippen LogP contribution in [0.3, 0.4) is 0 Å². The molecular weight excluding hydrogens is 715 g/mol. The molecule has 4 aromatic rings. The van der Waals surface area contributed by atoms with Crippen molar-refractivity contribution in [1.29, 1.82) is 5.26 Å². The van der Waals surface area contributed by atoms with E-state index in [9.17, 15) is 26.9 Å². The summed E-state index contributed by atoms with van der Waals surface area (Å²) in [4.78, 5) is 32.5. The van der Waals surface area contributed by atoms with Crippen LogP contribution in [-0.4, -0.2) is 80.4 Å². The maximum atomic E-state index is 15.2. The topological polar surface area (TPSA) is 153 Å². The number of hydrogen-bond acceptors (Lipinski definition) is 10. The minimum absolute atomic E-state index is 0.0522. The zero-order chi connectivity index (χ0) is 38.6. The van der Waals surface area contributed by atoms with Gasteiger partial charge in [0.05, 0.1) is 34.9 Å². The van der Waals surface area contributed by atoms with E-state index in [2.05, 4.69) is 16.0 Å². The highest BCUT2D eigenvalue weighted by atomic mass is 32.2. The number of sulfonamides is 1. The monoisotopic (exact) mass is 751 g/mol. The molecule has 1 fully saturated rings. The highest BCUT2D eigenvalue weighted by Crippen LogP contribution is 2.53. The molecule has 0 saturated carbocycles. The Labute approximate surface area is 304 Å². The number of carboxylic acids is 1. The second-order valence-electron chi connectivity index (χ2n) is 12.2. The van der Waals surface area contributed by atoms with Gasteiger partial charge < -0.3 is 19.5 Å². The smallest absolute Gasteiger partial charge is 0.490 e. The van der Waals surface area contributed by atoms with E-state index in [-0.39, 0.29) is 16.7 Å². The second-order valence-corrected chi connectivity index (χ2v) is 14.0. The summed E-state index contributed by atoms with van der Waals surface area (Å²) in [6.45, 7) is 7.99. The van der Waals surface area contributed by atoms with Gasteiger partial charge in [0.25, 0.3) is 15.9 Å². The molecule has 2 aliphatic rings. The molecule has 16 heteroatoms. The lowest BCUT2D eigenvalue weighted by Gasteiger charge is -2.46. The van der Waals surface area contributed by atoms with Gasteiger partial charge in [-0.2, -0.15) is 18.4 Å². The van der Waals surface area contributed by atoms with Gasteiger partial charge in [-0.25, -0.2) is 17.5 Å². The summed E-state index contributed by atoms with van der Waals surface area (Å²) < 4.78 is 73.4. The third-order valence-electron chi connectivity index (χ3n) is 8.56. The number of anilines is 2. The van der Waals surface area contributed by atoms with Crippen molar-refractivity contribution in [2.24, 2.45) is 0 Å². The van der Waals surface area contributed by atoms with Gasteiger partial charge in [-0.3, -0.25) is 14.7 Å². The van der Waals surface area contributed by atoms with E-state index in [4.69, 9.17) is 19.4 Å². The van der Waals surface area contributed by atoms with Crippen LogP contribution in [0.5, 0.6) is 11.5 Å². The Bertz CT molecular complexity index is 2100. The Morgan fingerprint density at radius 3 is 2.17 bits per heavy atom. The number of hydrogen-bond donors (Lipinski definition) is 1. The van der Waals surface area contributed by atoms with Gasteiger partial charge in [0.2, 0.25) is 0 Å². The number of rotatable bonds is 9. The standard InChI is InChI=1S/C35H35N5O5S.C2HF3O2/c1-4-44-33-8-6-5-7-30(33)35(39-21-19-38(20-22-39)27-15-17-37-18-16-27)31-23-26(24-36)9-14-32(31)40(34(35)41)46(42,43)29-12-10-28(11-13-29)45-25(2)3;3-2(4,5)1(6)7/h5-18,23,25H,4,19-22H2,1-3H3;(H,6,7). The van der Waals surface area contributed by atoms with Crippen LogP contribution >= 0.6 is 0 Å². The van der Waals surface area contributed by atoms with Crippen molar-refractivity contribution in [1.82, 2.24) is 9.88 Å². The van der Waals surface area contributed by atoms with Gasteiger partial charge in [0, 0.05) is 55.4 Å². The van der Waals surface area contributed by atoms with Crippen LogP contribution in [-0.2, 0) is 25.2 Å². The van der Waals surface area contributed by atoms with Gasteiger partial charge in [0.1, 0.15) is 11.5 Å². The molecule has 3 heterocycles. The molecule has 6 rings (SSSR count). The molecule has 1 aromatic heterocycles. The third kappa shape index (κ3) is 7.62. The number of fused-ring (bicyclic) bond motifs is 1. The molecule has 0 aliphatic carbocycles. The number of amides is 1. The van der Waals surface area contributed by atoms with Crippen molar-refractivity contribution in [3.63, 3.8) is 0 Å². The Hall–Kier alpha value is -5.66. The third-order valence-corrected chi connectivity index (χ3v) is 10.3. The molecular formula is C37H36F3N5O7S. The molecule has 0 bridgehead atoms. The number of carbonyl (C=O) groups excluding carboxylic acids is 1. The summed E-state index contributed by atoms with van der Waals surface area (Å²) in [5, 5.41) is 17.1. The number of nitriles is 1. The zero-order valence-corrected chi connectivity index (χ0v) is 29.8. The van der Waals surface area contributed by atoms with Crippen molar-refractivity contribution >= 4 is 33.3 Å². The minimum Gasteiger partial charge on any atom is -0.493 e. The lowest BCUT2D eigenvalue weighted by Crippen LogP contribution is -2.60. The number of halogens is 3. The molecule has 3 aromatic carbocycles. The molecule has 53 heavy (non-hydrogen) atoms. The Balaban J connectivity index is 0.000000705. The number of alkyl halides is 3. The highest BCUT2D eigenvalue weighted by molar-refractivity contribution is 7.93. The second kappa shape index (κ2) is 15.5. The fourth-order valence-corrected chi connectivity index (χ4v) is 7.85. The summed E-state index contributed by atoms with van der Waals surface area (Å²) in [5.74, 6) is -2.41. The molecule has 1 amide bonds. The lowest BCUT2D eigenvalue weighted by atomic mass is 9.80. The average Bonchev–Trinajstić information content (AvgIpc) is 3.40. The number of ether oxygens (including phenoxy) is 2. The Kier molecular flexibility index (Phi) is 11.3. The van der Waals surface area contributed by atoms with E-state index in [0.29, 0.717) is 61.0 Å². The highest BCUT2D eigenvalue weighted by Gasteiger charge is 2.60. The van der Waals surface area contributed by atoms with Crippen molar-refractivity contribution in [2.45, 2.75) is 43.5 Å². The predicted octanol–water partition coefficient (Wildman–Crippen LogP) is 5.57. The molecule has 0 radical (unpaired) electrons. The van der Waals surface area contributed by atoms with Crippen LogP contribution in [0.1, 0.15) is 37.5 Å². The molecule has 12 nitrogen and oxygen atoms in total. The number of piperazine rings is 1. The van der Waals surface area contributed by atoms with E-state index in [1.165, 1.54) is 12.1 Å². The number of aliphatic carboxylic acids is 1. The molecule has 1 atom stereocenters. The number of benzene rings is 3. The van der Waals surface area contributed by atoms with E-state index >= 15 is 4.79 Å². The van der Waals surface area contributed by atoms with Crippen molar-refractivity contribution in [3.05, 3.63) is 108 Å². The van der Waals surface area contributed by atoms with E-state index in [1.54, 1.807) is 48.8 Å². The number of para-hydroxylation sites is 1. The molecule has 2 aliphatic heterocycles. The molecule has 278 valence electrons. The molecule has 0 spiro atoms. The van der Waals surface area contributed by atoms with Crippen LogP contribution in [0, 0.1) is 11.3 Å². The normalized spacial score (nSPS) is 17.4. The van der Waals surface area contributed by atoms with Crippen LogP contribution in [0.15, 0.2) is 96.2 Å². The Morgan fingerprint density at radius 2 is 1.60 bits per heavy atom. The van der Waals surface area contributed by atoms with Crippen molar-refractivity contribution < 1.29 is 45.8 Å². The van der Waals surface area contributed by atoms with Crippen molar-refractivity contribution in [2.75, 3.05) is 42.0 Å². The van der Waals surface area contributed by atoms with Crippen LogP contribution in [0.2, 0.25) is 0 Å². The minimum atomic E-state index is -5.08. The van der Waals surface area contributed by atoms with Gasteiger partial charge in [-0.15, -0.1) is 0 Å². The number of carbonyl (C=O) groups is 2. The summed E-state index contributed by atoms with van der Waals surface area (Å²) in [6.07, 6.45) is -1.69. The lowest BCUT2D eigenvalue weighted by molar-refractivity contribution is -0.192. The fourth-order valence-electron chi connectivity index (χ4n) is 6.39. The van der Waals surface area contributed by atoms with Crippen LogP contribution < -0.4 is 18.7 Å². The van der Waals surface area contributed by atoms with Gasteiger partial charge in [0.15, 0.2) is 5.54 Å². The number of pyridine rings is 1. The Morgan fingerprint density at radius 1 is 0.981 bits per heavy atom. The molecule has 1 unspecified atom stereocenters. The van der Waals surface area contributed by atoms with Crippen LogP contribution in [0.4, 0.5) is 24.5 Å². The predicted molar refractivity (Wildman–Crippen MR) is 188 cm³/mol. The first kappa shape index (κ1) is 38.6. The van der Waals surface area contributed by atoms with Crippen LogP contribution in [0.25, 0.3) is 0 Å². The van der Waals surface area contributed by atoms with E-state index < -0.39 is 33.6 Å². The van der Waals surface area contributed by atoms with Crippen molar-refractivity contribution in [3.8, 4) is 17.6 Å². The SMILES string of the molecule is CCOc1ccccc1C1(N2CCN(c3ccncc3)CC2)C(=O)N(S(=O)(=O)c2ccc(OC(C)C)cc2)c2ccc(C#N)cc21.O=C(O)C(F)(F)F. The van der Waals surface area contributed by atoms with Gasteiger partial charge >= 0.3 is 12.1 Å². The summed E-state index contributed by atoms with van der Waals surface area (Å²) >= 11 is 0. The van der Waals surface area contributed by atoms with E-state index in [0.717, 1.165) is 9.99 Å². The summed E-state index contributed by atoms with van der Waals surface area (Å²) in [7, 11) is -4.40. The van der Waals surface area contributed by atoms with Gasteiger partial charge in [-0.05, 0) is 81.4 Å². The largest absolute Gasteiger partial charge is 0.493 e. The fraction of sp³-hybridized carbons (Fsp3) is 0.297. The number of carboxylic acid groups (broad SMARTS) is 1. The zero-order valence-electron chi connectivity index (χ0n) is 28.9. The first-order valence-electron chi connectivity index (χ1n) is 16.5. The quantitative estimate of drug-likeness (QED) is 0.228. The van der Waals surface area contributed by atoms with E-state index in [1.807, 2.05) is 56.0 Å². The maximum absolute atomic E-state index is 15.2. The average molecular weight is 752 g/mol. The first-order chi connectivity index (χ1) is 25.2. The maximum Gasteiger partial charge on any atom is 0.490 e. The first-order valence-corrected chi connectivity index (χ1v) is 17.9. The van der Waals surface area contributed by atoms with Gasteiger partial charge in [-0.1, -0.05) is 18.2 Å².